The molecule has 2 aromatic carbocycles. The van der Waals surface area contributed by atoms with Crippen LogP contribution in [0, 0.1) is 5.92 Å². The number of benzene rings is 2. The van der Waals surface area contributed by atoms with Crippen LogP contribution in [0.1, 0.15) is 13.8 Å². The first-order valence-corrected chi connectivity index (χ1v) is 9.59. The molecule has 0 saturated heterocycles. The van der Waals surface area contributed by atoms with Gasteiger partial charge in [0.05, 0.1) is 25.1 Å². The van der Waals surface area contributed by atoms with Crippen LogP contribution in [0.3, 0.4) is 0 Å². The van der Waals surface area contributed by atoms with E-state index < -0.39 is 11.6 Å². The number of carbonyl (C=O) groups is 1. The predicted molar refractivity (Wildman–Crippen MR) is 115 cm³/mol. The monoisotopic (exact) mass is 411 g/mol. The Labute approximate surface area is 173 Å². The summed E-state index contributed by atoms with van der Waals surface area (Å²) in [4.78, 5) is 38.6. The quantitative estimate of drug-likeness (QED) is 0.645. The number of nitrogens with zero attached hydrogens (tertiary/aromatic N) is 2. The number of aromatic nitrogens is 2. The summed E-state index contributed by atoms with van der Waals surface area (Å²) in [6, 6.07) is 11.8. The lowest BCUT2D eigenvalue weighted by Crippen LogP contribution is -2.42. The van der Waals surface area contributed by atoms with Crippen LogP contribution >= 0.6 is 0 Å². The number of ether oxygens (including phenoxy) is 2. The van der Waals surface area contributed by atoms with Gasteiger partial charge in [0.1, 0.15) is 18.0 Å². The van der Waals surface area contributed by atoms with Crippen molar-refractivity contribution >= 4 is 22.5 Å². The summed E-state index contributed by atoms with van der Waals surface area (Å²) in [5.41, 5.74) is 0.0409. The Morgan fingerprint density at radius 1 is 1.00 bits per heavy atom. The van der Waals surface area contributed by atoms with E-state index in [9.17, 15) is 14.4 Å². The Morgan fingerprint density at radius 3 is 2.23 bits per heavy atom. The fourth-order valence-corrected chi connectivity index (χ4v) is 3.27. The lowest BCUT2D eigenvalue weighted by molar-refractivity contribution is -0.116. The van der Waals surface area contributed by atoms with E-state index in [0.717, 1.165) is 0 Å². The topological polar surface area (TPSA) is 91.6 Å². The Bertz CT molecular complexity index is 1170. The Hall–Kier alpha value is -3.55. The summed E-state index contributed by atoms with van der Waals surface area (Å²) < 4.78 is 12.9. The molecule has 0 unspecified atom stereocenters. The Morgan fingerprint density at radius 2 is 1.63 bits per heavy atom. The molecule has 158 valence electrons. The molecule has 0 atom stereocenters. The van der Waals surface area contributed by atoms with Crippen molar-refractivity contribution in [3.8, 4) is 11.5 Å². The van der Waals surface area contributed by atoms with E-state index in [1.165, 1.54) is 23.4 Å². The summed E-state index contributed by atoms with van der Waals surface area (Å²) in [6.07, 6.45) is 0. The summed E-state index contributed by atoms with van der Waals surface area (Å²) in [6.45, 7) is 3.89. The second-order valence-electron chi connectivity index (χ2n) is 7.34. The summed E-state index contributed by atoms with van der Waals surface area (Å²) in [7, 11) is 3.04. The Balaban J connectivity index is 2.00. The van der Waals surface area contributed by atoms with E-state index in [1.54, 1.807) is 42.5 Å². The molecular formula is C22H25N3O5. The number of hydrogen-bond acceptors (Lipinski definition) is 5. The number of anilines is 1. The van der Waals surface area contributed by atoms with Gasteiger partial charge < -0.3 is 14.8 Å². The third-order valence-electron chi connectivity index (χ3n) is 4.62. The number of amides is 1. The zero-order chi connectivity index (χ0) is 21.8. The van der Waals surface area contributed by atoms with Crippen LogP contribution in [0.2, 0.25) is 0 Å². The van der Waals surface area contributed by atoms with E-state index in [4.69, 9.17) is 9.47 Å². The average molecular weight is 411 g/mol. The smallest absolute Gasteiger partial charge is 0.331 e. The molecule has 0 fully saturated rings. The SMILES string of the molecule is COc1cc(NC(=O)Cn2c(=O)n(CC(C)C)c(=O)c3ccccc32)cc(OC)c1. The molecule has 1 aromatic heterocycles. The maximum atomic E-state index is 13.0. The summed E-state index contributed by atoms with van der Waals surface area (Å²) in [5.74, 6) is 0.742. The van der Waals surface area contributed by atoms with Crippen molar-refractivity contribution in [2.45, 2.75) is 26.9 Å². The van der Waals surface area contributed by atoms with Crippen molar-refractivity contribution in [3.05, 3.63) is 63.3 Å². The maximum Gasteiger partial charge on any atom is 0.331 e. The van der Waals surface area contributed by atoms with Crippen LogP contribution in [0.4, 0.5) is 5.69 Å². The molecule has 0 aliphatic rings. The van der Waals surface area contributed by atoms with Gasteiger partial charge in [-0.1, -0.05) is 26.0 Å². The minimum atomic E-state index is -0.509. The van der Waals surface area contributed by atoms with Gasteiger partial charge in [-0.25, -0.2) is 4.79 Å². The van der Waals surface area contributed by atoms with Crippen LogP contribution < -0.4 is 26.0 Å². The molecular weight excluding hydrogens is 386 g/mol. The number of methoxy groups -OCH3 is 2. The molecule has 0 aliphatic carbocycles. The van der Waals surface area contributed by atoms with Gasteiger partial charge in [0.2, 0.25) is 5.91 Å². The van der Waals surface area contributed by atoms with Gasteiger partial charge in [-0.05, 0) is 18.1 Å². The number of carbonyl (C=O) groups excluding carboxylic acids is 1. The first-order chi connectivity index (χ1) is 14.3. The van der Waals surface area contributed by atoms with Crippen molar-refractivity contribution in [1.82, 2.24) is 9.13 Å². The fraction of sp³-hybridized carbons (Fsp3) is 0.318. The molecule has 1 amide bonds. The molecule has 0 spiro atoms. The van der Waals surface area contributed by atoms with E-state index in [-0.39, 0.29) is 24.6 Å². The van der Waals surface area contributed by atoms with Crippen molar-refractivity contribution in [2.24, 2.45) is 5.92 Å². The minimum Gasteiger partial charge on any atom is -0.497 e. The molecule has 8 heteroatoms. The second kappa shape index (κ2) is 8.86. The van der Waals surface area contributed by atoms with Gasteiger partial charge in [0.25, 0.3) is 5.56 Å². The zero-order valence-corrected chi connectivity index (χ0v) is 17.5. The van der Waals surface area contributed by atoms with Crippen LogP contribution in [0.5, 0.6) is 11.5 Å². The lowest BCUT2D eigenvalue weighted by Gasteiger charge is -2.15. The molecule has 1 N–H and O–H groups in total. The highest BCUT2D eigenvalue weighted by atomic mass is 16.5. The van der Waals surface area contributed by atoms with Gasteiger partial charge >= 0.3 is 5.69 Å². The van der Waals surface area contributed by atoms with E-state index in [2.05, 4.69) is 5.32 Å². The van der Waals surface area contributed by atoms with Gasteiger partial charge in [-0.3, -0.25) is 18.7 Å². The number of nitrogens with one attached hydrogen (secondary N) is 1. The molecule has 3 rings (SSSR count). The minimum absolute atomic E-state index is 0.100. The maximum absolute atomic E-state index is 13.0. The molecule has 30 heavy (non-hydrogen) atoms. The van der Waals surface area contributed by atoms with Gasteiger partial charge in [0.15, 0.2) is 0 Å². The predicted octanol–water partition coefficient (Wildman–Crippen LogP) is 2.48. The lowest BCUT2D eigenvalue weighted by atomic mass is 10.2. The fourth-order valence-electron chi connectivity index (χ4n) is 3.27. The molecule has 0 radical (unpaired) electrons. The van der Waals surface area contributed by atoms with Crippen molar-refractivity contribution < 1.29 is 14.3 Å². The van der Waals surface area contributed by atoms with Crippen molar-refractivity contribution in [1.29, 1.82) is 0 Å². The van der Waals surface area contributed by atoms with Crippen molar-refractivity contribution in [3.63, 3.8) is 0 Å². The third-order valence-corrected chi connectivity index (χ3v) is 4.62. The Kier molecular flexibility index (Phi) is 6.25. The van der Waals surface area contributed by atoms with E-state index in [0.29, 0.717) is 28.1 Å². The molecule has 0 saturated carbocycles. The largest absolute Gasteiger partial charge is 0.497 e. The van der Waals surface area contributed by atoms with Crippen LogP contribution in [0.25, 0.3) is 10.9 Å². The van der Waals surface area contributed by atoms with Crippen molar-refractivity contribution in [2.75, 3.05) is 19.5 Å². The van der Waals surface area contributed by atoms with Crippen LogP contribution in [-0.2, 0) is 17.9 Å². The standard InChI is InChI=1S/C22H25N3O5/c1-14(2)12-25-21(27)18-7-5-6-8-19(18)24(22(25)28)13-20(26)23-15-9-16(29-3)11-17(10-15)30-4/h5-11,14H,12-13H2,1-4H3,(H,23,26). The van der Waals surface area contributed by atoms with Gasteiger partial charge in [-0.2, -0.15) is 0 Å². The molecule has 3 aromatic rings. The summed E-state index contributed by atoms with van der Waals surface area (Å²) >= 11 is 0. The number of para-hydroxylation sites is 1. The average Bonchev–Trinajstić information content (AvgIpc) is 2.73. The normalized spacial score (nSPS) is 11.0. The number of hydrogen-bond donors (Lipinski definition) is 1. The number of fused-ring (bicyclic) bond motifs is 1. The zero-order valence-electron chi connectivity index (χ0n) is 17.5. The third kappa shape index (κ3) is 4.37. The van der Waals surface area contributed by atoms with Crippen LogP contribution in [-0.4, -0.2) is 29.3 Å². The van der Waals surface area contributed by atoms with Crippen LogP contribution in [0.15, 0.2) is 52.1 Å². The van der Waals surface area contributed by atoms with Gasteiger partial charge in [0, 0.05) is 30.4 Å². The highest BCUT2D eigenvalue weighted by molar-refractivity contribution is 5.92. The molecule has 0 bridgehead atoms. The molecule has 1 heterocycles. The highest BCUT2D eigenvalue weighted by Gasteiger charge is 2.16. The number of rotatable bonds is 7. The first kappa shape index (κ1) is 21.2. The van der Waals surface area contributed by atoms with E-state index in [1.807, 2.05) is 13.8 Å². The second-order valence-corrected chi connectivity index (χ2v) is 7.34. The first-order valence-electron chi connectivity index (χ1n) is 9.59. The van der Waals surface area contributed by atoms with E-state index >= 15 is 0 Å². The summed E-state index contributed by atoms with van der Waals surface area (Å²) in [5, 5.41) is 3.16. The highest BCUT2D eigenvalue weighted by Crippen LogP contribution is 2.25. The molecule has 0 aliphatic heterocycles. The van der Waals surface area contributed by atoms with Gasteiger partial charge in [-0.15, -0.1) is 0 Å². The molecule has 8 nitrogen and oxygen atoms in total.